The topological polar surface area (TPSA) is 82.2 Å². The maximum Gasteiger partial charge on any atom is 0.326 e. The van der Waals surface area contributed by atoms with Gasteiger partial charge in [0.25, 0.3) is 0 Å². The lowest BCUT2D eigenvalue weighted by molar-refractivity contribution is 0.262. The third-order valence-electron chi connectivity index (χ3n) is 5.53. The van der Waals surface area contributed by atoms with E-state index in [-0.39, 0.29) is 12.0 Å². The van der Waals surface area contributed by atoms with Crippen molar-refractivity contribution in [2.24, 2.45) is 0 Å². The lowest BCUT2D eigenvalue weighted by atomic mass is 10.1. The van der Waals surface area contributed by atoms with E-state index in [4.69, 9.17) is 4.98 Å². The predicted molar refractivity (Wildman–Crippen MR) is 157 cm³/mol. The fraction of sp³-hybridized carbons (Fsp3) is 0.300. The van der Waals surface area contributed by atoms with Crippen molar-refractivity contribution in [1.29, 1.82) is 0 Å². The maximum absolute atomic E-state index is 12.6. The van der Waals surface area contributed by atoms with Crippen LogP contribution in [-0.4, -0.2) is 29.1 Å². The number of aryl methyl sites for hydroxylation is 1. The molecular weight excluding hydrogens is 460 g/mol. The molecule has 0 saturated heterocycles. The number of carbonyl (C=O) groups is 1. The Labute approximate surface area is 220 Å². The van der Waals surface area contributed by atoms with Gasteiger partial charge in [-0.15, -0.1) is 0 Å². The SMILES string of the molecule is CC.CCCN(CCC)c1nc(NC(=O)Nc2ccccc2)nc2ccc(Nc3cccc(C)c3)cc12. The number of carbonyl (C=O) groups excluding carboxylic acids is 1. The van der Waals surface area contributed by atoms with Gasteiger partial charge in [-0.3, -0.25) is 5.32 Å². The number of nitrogens with zero attached hydrogens (tertiary/aromatic N) is 3. The zero-order valence-corrected chi connectivity index (χ0v) is 22.5. The summed E-state index contributed by atoms with van der Waals surface area (Å²) in [6, 6.07) is 23.3. The molecule has 3 aromatic carbocycles. The van der Waals surface area contributed by atoms with Crippen molar-refractivity contribution in [2.45, 2.75) is 47.5 Å². The minimum atomic E-state index is -0.378. The minimum absolute atomic E-state index is 0.275. The fourth-order valence-electron chi connectivity index (χ4n) is 4.03. The number of benzene rings is 3. The number of urea groups is 1. The number of rotatable bonds is 9. The van der Waals surface area contributed by atoms with Crippen molar-refractivity contribution in [1.82, 2.24) is 9.97 Å². The van der Waals surface area contributed by atoms with Crippen LogP contribution in [0.2, 0.25) is 0 Å². The summed E-state index contributed by atoms with van der Waals surface area (Å²) in [5.74, 6) is 1.10. The zero-order valence-electron chi connectivity index (χ0n) is 22.5. The van der Waals surface area contributed by atoms with Crippen LogP contribution in [0.1, 0.15) is 46.1 Å². The third-order valence-corrected chi connectivity index (χ3v) is 5.53. The summed E-state index contributed by atoms with van der Waals surface area (Å²) in [5.41, 5.74) is 4.67. The fourth-order valence-corrected chi connectivity index (χ4v) is 4.03. The summed E-state index contributed by atoms with van der Waals surface area (Å²) in [6.07, 6.45) is 1.98. The van der Waals surface area contributed by atoms with Crippen LogP contribution < -0.4 is 20.9 Å². The summed E-state index contributed by atoms with van der Waals surface area (Å²) < 4.78 is 0. The zero-order chi connectivity index (χ0) is 26.6. The highest BCUT2D eigenvalue weighted by molar-refractivity contribution is 6.00. The summed E-state index contributed by atoms with van der Waals surface area (Å²) in [6.45, 7) is 12.1. The summed E-state index contributed by atoms with van der Waals surface area (Å²) in [7, 11) is 0. The Morgan fingerprint density at radius 2 is 1.46 bits per heavy atom. The molecular formula is C30H38N6O. The predicted octanol–water partition coefficient (Wildman–Crippen LogP) is 7.98. The van der Waals surface area contributed by atoms with Crippen LogP contribution in [0.4, 0.5) is 33.6 Å². The molecule has 0 spiro atoms. The molecule has 37 heavy (non-hydrogen) atoms. The Morgan fingerprint density at radius 3 is 2.14 bits per heavy atom. The minimum Gasteiger partial charge on any atom is -0.356 e. The standard InChI is InChI=1S/C28H32N6O.C2H6/c1-4-16-34(17-5-2)26-24-19-23(29-22-13-9-10-20(3)18-22)14-15-25(24)31-27(32-26)33-28(35)30-21-11-7-6-8-12-21;1-2/h6-15,18-19,29H,4-5,16-17H2,1-3H3,(H2,30,31,32,33,35);1-2H3. The van der Waals surface area contributed by atoms with E-state index in [9.17, 15) is 4.79 Å². The smallest absolute Gasteiger partial charge is 0.326 e. The van der Waals surface area contributed by atoms with E-state index < -0.39 is 0 Å². The second-order valence-electron chi connectivity index (χ2n) is 8.53. The first-order valence-electron chi connectivity index (χ1n) is 13.1. The van der Waals surface area contributed by atoms with E-state index in [0.29, 0.717) is 5.69 Å². The Kier molecular flexibility index (Phi) is 10.3. The summed E-state index contributed by atoms with van der Waals surface area (Å²) >= 11 is 0. The van der Waals surface area contributed by atoms with Crippen molar-refractivity contribution in [3.63, 3.8) is 0 Å². The molecule has 0 aliphatic rings. The van der Waals surface area contributed by atoms with Crippen LogP contribution >= 0.6 is 0 Å². The molecule has 0 aliphatic carbocycles. The molecule has 3 N–H and O–H groups in total. The van der Waals surface area contributed by atoms with Gasteiger partial charge >= 0.3 is 6.03 Å². The molecule has 1 aromatic heterocycles. The first-order chi connectivity index (χ1) is 18.1. The lowest BCUT2D eigenvalue weighted by Crippen LogP contribution is -2.27. The van der Waals surface area contributed by atoms with Gasteiger partial charge in [-0.1, -0.05) is 58.0 Å². The molecule has 0 fully saturated rings. The number of nitrogens with one attached hydrogen (secondary N) is 3. The van der Waals surface area contributed by atoms with Crippen LogP contribution in [0.5, 0.6) is 0 Å². The van der Waals surface area contributed by atoms with Gasteiger partial charge in [-0.25, -0.2) is 9.78 Å². The normalized spacial score (nSPS) is 10.3. The van der Waals surface area contributed by atoms with E-state index in [2.05, 4.69) is 64.8 Å². The van der Waals surface area contributed by atoms with Crippen LogP contribution in [0, 0.1) is 6.92 Å². The molecule has 4 rings (SSSR count). The molecule has 0 aliphatic heterocycles. The van der Waals surface area contributed by atoms with Crippen LogP contribution in [0.25, 0.3) is 10.9 Å². The highest BCUT2D eigenvalue weighted by Crippen LogP contribution is 2.30. The van der Waals surface area contributed by atoms with E-state index >= 15 is 0 Å². The van der Waals surface area contributed by atoms with E-state index in [1.54, 1.807) is 0 Å². The number of fused-ring (bicyclic) bond motifs is 1. The number of hydrogen-bond acceptors (Lipinski definition) is 5. The molecule has 194 valence electrons. The van der Waals surface area contributed by atoms with E-state index in [1.807, 2.05) is 68.4 Å². The van der Waals surface area contributed by atoms with Crippen molar-refractivity contribution >= 4 is 45.8 Å². The van der Waals surface area contributed by atoms with Crippen molar-refractivity contribution in [3.8, 4) is 0 Å². The van der Waals surface area contributed by atoms with Gasteiger partial charge in [0.2, 0.25) is 5.95 Å². The Balaban J connectivity index is 0.00000186. The highest BCUT2D eigenvalue weighted by atomic mass is 16.2. The molecule has 1 heterocycles. The lowest BCUT2D eigenvalue weighted by Gasteiger charge is -2.24. The van der Waals surface area contributed by atoms with Crippen LogP contribution in [-0.2, 0) is 0 Å². The number of para-hydroxylation sites is 1. The van der Waals surface area contributed by atoms with Crippen molar-refractivity contribution in [3.05, 3.63) is 78.4 Å². The second-order valence-corrected chi connectivity index (χ2v) is 8.53. The van der Waals surface area contributed by atoms with Gasteiger partial charge in [-0.2, -0.15) is 4.98 Å². The first kappa shape index (κ1) is 27.5. The first-order valence-corrected chi connectivity index (χ1v) is 13.1. The molecule has 0 atom stereocenters. The molecule has 7 heteroatoms. The van der Waals surface area contributed by atoms with Gasteiger partial charge in [0.05, 0.1) is 5.52 Å². The summed E-state index contributed by atoms with van der Waals surface area (Å²) in [4.78, 5) is 24.3. The number of amides is 2. The molecule has 0 bridgehead atoms. The van der Waals surface area contributed by atoms with Gasteiger partial charge in [0, 0.05) is 35.5 Å². The van der Waals surface area contributed by atoms with Gasteiger partial charge < -0.3 is 15.5 Å². The molecule has 0 unspecified atom stereocenters. The van der Waals surface area contributed by atoms with Crippen LogP contribution in [0.3, 0.4) is 0 Å². The Bertz CT molecular complexity index is 1290. The molecule has 4 aromatic rings. The molecule has 7 nitrogen and oxygen atoms in total. The van der Waals surface area contributed by atoms with Gasteiger partial charge in [0.1, 0.15) is 5.82 Å². The largest absolute Gasteiger partial charge is 0.356 e. The Hall–Kier alpha value is -4.13. The average Bonchev–Trinajstić information content (AvgIpc) is 2.90. The maximum atomic E-state index is 12.6. The average molecular weight is 499 g/mol. The second kappa shape index (κ2) is 13.8. The monoisotopic (exact) mass is 498 g/mol. The molecule has 2 amide bonds. The highest BCUT2D eigenvalue weighted by Gasteiger charge is 2.16. The Morgan fingerprint density at radius 1 is 0.784 bits per heavy atom. The van der Waals surface area contributed by atoms with Crippen molar-refractivity contribution < 1.29 is 4.79 Å². The number of hydrogen-bond donors (Lipinski definition) is 3. The van der Waals surface area contributed by atoms with E-state index in [1.165, 1.54) is 5.56 Å². The molecule has 0 radical (unpaired) electrons. The van der Waals surface area contributed by atoms with Gasteiger partial charge in [0.15, 0.2) is 0 Å². The van der Waals surface area contributed by atoms with Gasteiger partial charge in [-0.05, 0) is 67.8 Å². The summed E-state index contributed by atoms with van der Waals surface area (Å²) in [5, 5.41) is 10.1. The third kappa shape index (κ3) is 7.67. The quantitative estimate of drug-likeness (QED) is 0.218. The van der Waals surface area contributed by atoms with E-state index in [0.717, 1.165) is 54.0 Å². The van der Waals surface area contributed by atoms with Crippen LogP contribution in [0.15, 0.2) is 72.8 Å². The number of aromatic nitrogens is 2. The number of anilines is 5. The van der Waals surface area contributed by atoms with Crippen molar-refractivity contribution in [2.75, 3.05) is 33.9 Å². The molecule has 0 saturated carbocycles.